The van der Waals surface area contributed by atoms with Gasteiger partial charge < -0.3 is 24.0 Å². The molecule has 15 heteroatoms. The van der Waals surface area contributed by atoms with Crippen LogP contribution >= 0.6 is 22.9 Å². The van der Waals surface area contributed by atoms with E-state index in [4.69, 9.17) is 30.2 Å². The van der Waals surface area contributed by atoms with E-state index in [1.54, 1.807) is 0 Å². The van der Waals surface area contributed by atoms with E-state index in [0.29, 0.717) is 6.61 Å². The Morgan fingerprint density at radius 1 is 1.15 bits per heavy atom. The molecule has 41 heavy (non-hydrogen) atoms. The van der Waals surface area contributed by atoms with Crippen molar-refractivity contribution in [3.05, 3.63) is 73.6 Å². The Bertz CT molecular complexity index is 1410. The zero-order valence-corrected chi connectivity index (χ0v) is 25.3. The molecule has 0 aliphatic carbocycles. The minimum absolute atomic E-state index is 0.00891. The maximum absolute atomic E-state index is 13.5. The van der Waals surface area contributed by atoms with Crippen molar-refractivity contribution in [3.63, 3.8) is 0 Å². The van der Waals surface area contributed by atoms with Crippen molar-refractivity contribution in [2.24, 2.45) is 0 Å². The summed E-state index contributed by atoms with van der Waals surface area (Å²) in [4.78, 5) is 23.6. The molecule has 1 aromatic heterocycles. The van der Waals surface area contributed by atoms with Crippen LogP contribution in [-0.4, -0.2) is 39.5 Å². The Morgan fingerprint density at radius 2 is 1.83 bits per heavy atom. The van der Waals surface area contributed by atoms with Gasteiger partial charge in [0.25, 0.3) is 5.69 Å². The number of ether oxygens (including phenoxy) is 3. The van der Waals surface area contributed by atoms with Gasteiger partial charge in [0, 0.05) is 11.6 Å². The minimum atomic E-state index is -4.61. The van der Waals surface area contributed by atoms with Gasteiger partial charge in [0.05, 0.1) is 40.3 Å². The fourth-order valence-corrected chi connectivity index (χ4v) is 5.49. The fraction of sp³-hybridized carbons (Fsp3) is 0.346. The van der Waals surface area contributed by atoms with Crippen molar-refractivity contribution in [2.75, 3.05) is 25.6 Å². The normalized spacial score (nSPS) is 12.5. The molecule has 1 N–H and O–H groups in total. The number of nitro benzene ring substituents is 1. The lowest BCUT2D eigenvalue weighted by Gasteiger charge is -2.19. The van der Waals surface area contributed by atoms with Crippen molar-refractivity contribution in [1.29, 1.82) is 0 Å². The highest BCUT2D eigenvalue weighted by Crippen LogP contribution is 2.43. The van der Waals surface area contributed by atoms with Crippen LogP contribution in [0.3, 0.4) is 0 Å². The number of carbonyl (C=O) groups excluding carboxylic acids is 1. The largest absolute Gasteiger partial charge is 0.489 e. The third-order valence-electron chi connectivity index (χ3n) is 5.46. The number of hydrogen-bond donors (Lipinski definition) is 1. The van der Waals surface area contributed by atoms with Crippen molar-refractivity contribution >= 4 is 53.6 Å². The molecule has 0 bridgehead atoms. The summed E-state index contributed by atoms with van der Waals surface area (Å²) in [6.07, 6.45) is -5.72. The third-order valence-corrected chi connectivity index (χ3v) is 7.83. The molecule has 0 saturated heterocycles. The Kier molecular flexibility index (Phi) is 10.3. The van der Waals surface area contributed by atoms with Crippen LogP contribution in [0.1, 0.15) is 33.8 Å². The molecular weight excluding hydrogens is 605 g/mol. The molecule has 0 amide bonds. The van der Waals surface area contributed by atoms with Crippen LogP contribution in [0, 0.1) is 10.1 Å². The van der Waals surface area contributed by atoms with Crippen molar-refractivity contribution in [1.82, 2.24) is 0 Å². The first-order valence-electron chi connectivity index (χ1n) is 12.2. The molecule has 0 saturated carbocycles. The number of halogens is 4. The highest BCUT2D eigenvalue weighted by molar-refractivity contribution is 7.18. The Labute approximate surface area is 244 Å². The molecule has 1 atom stereocenters. The molecule has 0 aliphatic rings. The summed E-state index contributed by atoms with van der Waals surface area (Å²) in [5, 5.41) is 15.0. The number of anilines is 2. The molecule has 3 rings (SSSR count). The summed E-state index contributed by atoms with van der Waals surface area (Å²) in [6, 6.07) is 8.74. The van der Waals surface area contributed by atoms with Crippen LogP contribution in [0.15, 0.2) is 42.5 Å². The van der Waals surface area contributed by atoms with Gasteiger partial charge in [-0.2, -0.15) is 13.2 Å². The maximum atomic E-state index is 13.5. The topological polar surface area (TPSA) is 109 Å². The second kappa shape index (κ2) is 13.1. The molecular formula is C26H28ClF3N2O7SSi. The van der Waals surface area contributed by atoms with Gasteiger partial charge in [-0.05, 0) is 38.7 Å². The third kappa shape index (κ3) is 8.58. The second-order valence-corrected chi connectivity index (χ2v) is 15.6. The molecule has 1 heterocycles. The number of rotatable bonds is 12. The number of nitro groups is 1. The number of nitrogens with zero attached hydrogens (tertiary/aromatic N) is 1. The van der Waals surface area contributed by atoms with Crippen LogP contribution in [-0.2, 0) is 15.3 Å². The fourth-order valence-electron chi connectivity index (χ4n) is 3.66. The van der Waals surface area contributed by atoms with Crippen LogP contribution in [0.2, 0.25) is 24.7 Å². The molecule has 0 aliphatic heterocycles. The van der Waals surface area contributed by atoms with E-state index in [1.807, 2.05) is 19.6 Å². The average molecular weight is 633 g/mol. The van der Waals surface area contributed by atoms with E-state index in [1.165, 1.54) is 43.3 Å². The summed E-state index contributed by atoms with van der Waals surface area (Å²) in [6.45, 7) is 7.88. The van der Waals surface area contributed by atoms with Crippen LogP contribution in [0.4, 0.5) is 29.5 Å². The Balaban J connectivity index is 1.89. The van der Waals surface area contributed by atoms with Crippen LogP contribution in [0.25, 0.3) is 0 Å². The number of hydrogen-bond acceptors (Lipinski definition) is 9. The maximum Gasteiger partial charge on any atom is 0.416 e. The van der Waals surface area contributed by atoms with Gasteiger partial charge in [-0.3, -0.25) is 10.1 Å². The highest BCUT2D eigenvalue weighted by Gasteiger charge is 2.35. The molecule has 3 aromatic rings. The number of thiophene rings is 1. The first kappa shape index (κ1) is 32.2. The number of carbonyl (C=O) groups is 1. The summed E-state index contributed by atoms with van der Waals surface area (Å²) in [5.41, 5.74) is -1.38. The minimum Gasteiger partial charge on any atom is -0.489 e. The lowest BCUT2D eigenvalue weighted by molar-refractivity contribution is -0.384. The predicted molar refractivity (Wildman–Crippen MR) is 152 cm³/mol. The summed E-state index contributed by atoms with van der Waals surface area (Å²) < 4.78 is 62.5. The van der Waals surface area contributed by atoms with E-state index < -0.39 is 37.1 Å². The number of methoxy groups -OCH3 is 1. The summed E-state index contributed by atoms with van der Waals surface area (Å²) in [7, 11) is -0.630. The number of alkyl halides is 3. The number of esters is 1. The van der Waals surface area contributed by atoms with Gasteiger partial charge in [0.2, 0.25) is 0 Å². The number of nitrogens with one attached hydrogen (secondary N) is 1. The molecule has 9 nitrogen and oxygen atoms in total. The van der Waals surface area contributed by atoms with Gasteiger partial charge >= 0.3 is 12.1 Å². The Morgan fingerprint density at radius 3 is 2.44 bits per heavy atom. The lowest BCUT2D eigenvalue weighted by atomic mass is 10.0. The van der Waals surface area contributed by atoms with Gasteiger partial charge in [0.1, 0.15) is 29.9 Å². The standard InChI is InChI=1S/C26H28ClF3N2O7SSi/c1-15(16-8-6-7-9-17(16)26(28,29)30)39-22-14-23(40-24(22)25(33)36-2)31-19-12-18(27)21(13-20(19)32(34)35)37-10-11-38-41(3,4)5/h6-9,12-15,31H,10-11H2,1-5H3/t15-/m1/s1. The summed E-state index contributed by atoms with van der Waals surface area (Å²) >= 11 is 7.17. The predicted octanol–water partition coefficient (Wildman–Crippen LogP) is 8.23. The van der Waals surface area contributed by atoms with E-state index in [9.17, 15) is 28.1 Å². The summed E-state index contributed by atoms with van der Waals surface area (Å²) in [5.74, 6) is -0.776. The van der Waals surface area contributed by atoms with Gasteiger partial charge in [0.15, 0.2) is 13.2 Å². The quantitative estimate of drug-likeness (QED) is 0.0699. The Hall–Kier alpha value is -3.33. The zero-order chi connectivity index (χ0) is 30.5. The highest BCUT2D eigenvalue weighted by atomic mass is 35.5. The first-order chi connectivity index (χ1) is 19.1. The van der Waals surface area contributed by atoms with Gasteiger partial charge in [-0.25, -0.2) is 4.79 Å². The van der Waals surface area contributed by atoms with Gasteiger partial charge in [-0.1, -0.05) is 29.8 Å². The zero-order valence-electron chi connectivity index (χ0n) is 22.8. The molecule has 0 spiro atoms. The van der Waals surface area contributed by atoms with Crippen molar-refractivity contribution in [2.45, 2.75) is 38.8 Å². The number of benzene rings is 2. The van der Waals surface area contributed by atoms with Crippen LogP contribution < -0.4 is 14.8 Å². The van der Waals surface area contributed by atoms with E-state index in [0.717, 1.165) is 24.5 Å². The molecule has 2 aromatic carbocycles. The van der Waals surface area contributed by atoms with E-state index >= 15 is 0 Å². The average Bonchev–Trinajstić information content (AvgIpc) is 3.27. The van der Waals surface area contributed by atoms with E-state index in [-0.39, 0.29) is 49.9 Å². The second-order valence-electron chi connectivity index (χ2n) is 9.63. The van der Waals surface area contributed by atoms with E-state index in [2.05, 4.69) is 5.32 Å². The van der Waals surface area contributed by atoms with Crippen molar-refractivity contribution in [3.8, 4) is 11.5 Å². The molecule has 0 unspecified atom stereocenters. The smallest absolute Gasteiger partial charge is 0.416 e. The SMILES string of the molecule is COC(=O)c1sc(Nc2cc(Cl)c(OCCO[Si](C)(C)C)cc2[N+](=O)[O-])cc1O[C@H](C)c1ccccc1C(F)(F)F. The lowest BCUT2D eigenvalue weighted by Crippen LogP contribution is -2.27. The monoisotopic (exact) mass is 632 g/mol. The molecule has 0 fully saturated rings. The van der Waals surface area contributed by atoms with Crippen molar-refractivity contribution < 1.29 is 41.5 Å². The molecule has 0 radical (unpaired) electrons. The van der Waals surface area contributed by atoms with Crippen LogP contribution in [0.5, 0.6) is 11.5 Å². The first-order valence-corrected chi connectivity index (χ1v) is 16.8. The molecule has 222 valence electrons. The van der Waals surface area contributed by atoms with Gasteiger partial charge in [-0.15, -0.1) is 11.3 Å².